The fourth-order valence-corrected chi connectivity index (χ4v) is 6.30. The lowest BCUT2D eigenvalue weighted by atomic mass is 10.0. The van der Waals surface area contributed by atoms with Crippen molar-refractivity contribution >= 4 is 44.7 Å². The Balaban J connectivity index is 1.95. The van der Waals surface area contributed by atoms with Crippen LogP contribution in [0.2, 0.25) is 0 Å². The molecule has 0 aliphatic carbocycles. The molecule has 1 aliphatic heterocycles. The Morgan fingerprint density at radius 2 is 2.04 bits per heavy atom. The average Bonchev–Trinajstić information content (AvgIpc) is 3.12. The number of rotatable bonds is 5. The van der Waals surface area contributed by atoms with Gasteiger partial charge in [0, 0.05) is 29.0 Å². The van der Waals surface area contributed by atoms with Crippen LogP contribution < -0.4 is 9.62 Å². The minimum Gasteiger partial charge on any atom is -0.311 e. The molecule has 1 amide bonds. The molecule has 26 heavy (non-hydrogen) atoms. The van der Waals surface area contributed by atoms with E-state index < -0.39 is 10.0 Å². The molecule has 140 valence electrons. The van der Waals surface area contributed by atoms with Crippen LogP contribution in [0, 0.1) is 5.92 Å². The Kier molecular flexibility index (Phi) is 5.76. The molecule has 0 bridgehead atoms. The SMILES string of the molecule is CC(=O)N1CCSc2ccc(S(=O)(=O)N[C@@H](c3cccs3)C(C)C)cc21. The third kappa shape index (κ3) is 3.98. The molecule has 1 N–H and O–H groups in total. The fraction of sp³-hybridized carbons (Fsp3) is 0.389. The quantitative estimate of drug-likeness (QED) is 0.812. The number of sulfonamides is 1. The van der Waals surface area contributed by atoms with Crippen LogP contribution in [0.15, 0.2) is 45.5 Å². The van der Waals surface area contributed by atoms with Crippen LogP contribution >= 0.6 is 23.1 Å². The van der Waals surface area contributed by atoms with Gasteiger partial charge in [-0.1, -0.05) is 19.9 Å². The van der Waals surface area contributed by atoms with Crippen LogP contribution in [0.4, 0.5) is 5.69 Å². The highest BCUT2D eigenvalue weighted by molar-refractivity contribution is 7.99. The molecule has 3 rings (SSSR count). The molecule has 0 saturated carbocycles. The number of fused-ring (bicyclic) bond motifs is 1. The minimum absolute atomic E-state index is 0.0762. The second-order valence-corrected chi connectivity index (χ2v) is 10.3. The van der Waals surface area contributed by atoms with E-state index in [1.165, 1.54) is 18.3 Å². The first-order valence-electron chi connectivity index (χ1n) is 8.40. The Hall–Kier alpha value is -1.35. The summed E-state index contributed by atoms with van der Waals surface area (Å²) in [7, 11) is -3.70. The van der Waals surface area contributed by atoms with Gasteiger partial charge in [0.1, 0.15) is 0 Å². The zero-order chi connectivity index (χ0) is 18.9. The van der Waals surface area contributed by atoms with Crippen LogP contribution in [0.25, 0.3) is 0 Å². The van der Waals surface area contributed by atoms with Crippen molar-refractivity contribution in [3.8, 4) is 0 Å². The molecule has 5 nitrogen and oxygen atoms in total. The highest BCUT2D eigenvalue weighted by Crippen LogP contribution is 2.37. The van der Waals surface area contributed by atoms with Crippen LogP contribution in [-0.4, -0.2) is 26.6 Å². The van der Waals surface area contributed by atoms with Crippen molar-refractivity contribution in [2.24, 2.45) is 5.92 Å². The maximum atomic E-state index is 13.0. The lowest BCUT2D eigenvalue weighted by molar-refractivity contribution is -0.116. The molecular weight excluding hydrogens is 388 g/mol. The second-order valence-electron chi connectivity index (χ2n) is 6.51. The number of nitrogens with one attached hydrogen (secondary N) is 1. The van der Waals surface area contributed by atoms with E-state index in [1.54, 1.807) is 34.9 Å². The van der Waals surface area contributed by atoms with Gasteiger partial charge in [-0.3, -0.25) is 4.79 Å². The molecule has 0 saturated heterocycles. The first-order valence-corrected chi connectivity index (χ1v) is 11.7. The van der Waals surface area contributed by atoms with Gasteiger partial charge in [-0.15, -0.1) is 23.1 Å². The normalized spacial score (nSPS) is 15.8. The standard InChI is InChI=1S/C18H22N2O3S3/c1-12(2)18(17-5-4-9-24-17)19-26(22,23)14-6-7-16-15(11-14)20(13(3)21)8-10-25-16/h4-7,9,11-12,18-19H,8,10H2,1-3H3/t18-/m1/s1. The zero-order valence-electron chi connectivity index (χ0n) is 14.9. The van der Waals surface area contributed by atoms with Crippen LogP contribution in [-0.2, 0) is 14.8 Å². The van der Waals surface area contributed by atoms with Gasteiger partial charge in [-0.25, -0.2) is 13.1 Å². The summed E-state index contributed by atoms with van der Waals surface area (Å²) in [6.45, 7) is 6.08. The third-order valence-electron chi connectivity index (χ3n) is 4.28. The van der Waals surface area contributed by atoms with E-state index >= 15 is 0 Å². The summed E-state index contributed by atoms with van der Waals surface area (Å²) >= 11 is 3.18. The number of anilines is 1. The van der Waals surface area contributed by atoms with Gasteiger partial charge in [0.25, 0.3) is 0 Å². The number of hydrogen-bond donors (Lipinski definition) is 1. The first-order chi connectivity index (χ1) is 12.3. The van der Waals surface area contributed by atoms with Gasteiger partial charge in [0.05, 0.1) is 16.6 Å². The lowest BCUT2D eigenvalue weighted by Crippen LogP contribution is -2.34. The number of amides is 1. The van der Waals surface area contributed by atoms with Gasteiger partial charge in [0.15, 0.2) is 0 Å². The van der Waals surface area contributed by atoms with Gasteiger partial charge in [-0.2, -0.15) is 0 Å². The van der Waals surface area contributed by atoms with Gasteiger partial charge >= 0.3 is 0 Å². The van der Waals surface area contributed by atoms with Crippen molar-refractivity contribution in [3.05, 3.63) is 40.6 Å². The highest BCUT2D eigenvalue weighted by atomic mass is 32.2. The molecule has 0 unspecified atom stereocenters. The molecule has 0 spiro atoms. The molecule has 1 aliphatic rings. The van der Waals surface area contributed by atoms with Crippen molar-refractivity contribution < 1.29 is 13.2 Å². The average molecular weight is 411 g/mol. The first kappa shape index (κ1) is 19.4. The summed E-state index contributed by atoms with van der Waals surface area (Å²) in [6.07, 6.45) is 0. The van der Waals surface area contributed by atoms with Crippen molar-refractivity contribution in [3.63, 3.8) is 0 Å². The van der Waals surface area contributed by atoms with Gasteiger partial charge in [-0.05, 0) is 35.6 Å². The summed E-state index contributed by atoms with van der Waals surface area (Å²) in [4.78, 5) is 15.7. The topological polar surface area (TPSA) is 66.5 Å². The van der Waals surface area contributed by atoms with Crippen molar-refractivity contribution in [1.29, 1.82) is 0 Å². The maximum absolute atomic E-state index is 13.0. The maximum Gasteiger partial charge on any atom is 0.241 e. The van der Waals surface area contributed by atoms with Gasteiger partial charge < -0.3 is 4.90 Å². The van der Waals surface area contributed by atoms with E-state index in [9.17, 15) is 13.2 Å². The van der Waals surface area contributed by atoms with Crippen molar-refractivity contribution in [2.75, 3.05) is 17.2 Å². The van der Waals surface area contributed by atoms with Crippen molar-refractivity contribution in [1.82, 2.24) is 4.72 Å². The number of thioether (sulfide) groups is 1. The molecule has 8 heteroatoms. The molecular formula is C18H22N2O3S3. The molecule has 1 aromatic heterocycles. The number of hydrogen-bond acceptors (Lipinski definition) is 5. The lowest BCUT2D eigenvalue weighted by Gasteiger charge is -2.28. The molecule has 1 aromatic carbocycles. The molecule has 2 heterocycles. The second kappa shape index (κ2) is 7.72. The minimum atomic E-state index is -3.70. The van der Waals surface area contributed by atoms with E-state index in [0.29, 0.717) is 12.2 Å². The fourth-order valence-electron chi connectivity index (χ4n) is 2.92. The number of benzene rings is 1. The van der Waals surface area contributed by atoms with E-state index in [1.807, 2.05) is 31.4 Å². The molecule has 1 atom stereocenters. The summed E-state index contributed by atoms with van der Waals surface area (Å²) in [5, 5.41) is 1.94. The predicted molar refractivity (Wildman–Crippen MR) is 107 cm³/mol. The largest absolute Gasteiger partial charge is 0.311 e. The van der Waals surface area contributed by atoms with Crippen LogP contribution in [0.3, 0.4) is 0 Å². The number of carbonyl (C=O) groups is 1. The van der Waals surface area contributed by atoms with Crippen LogP contribution in [0.5, 0.6) is 0 Å². The van der Waals surface area contributed by atoms with E-state index in [0.717, 1.165) is 15.5 Å². The Bertz CT molecular complexity index is 892. The molecule has 0 radical (unpaired) electrons. The number of thiophene rings is 1. The Morgan fingerprint density at radius 3 is 2.65 bits per heavy atom. The smallest absolute Gasteiger partial charge is 0.241 e. The van der Waals surface area contributed by atoms with Gasteiger partial charge in [0.2, 0.25) is 15.9 Å². The van der Waals surface area contributed by atoms with E-state index in [-0.39, 0.29) is 22.8 Å². The number of carbonyl (C=O) groups excluding carboxylic acids is 1. The summed E-state index contributed by atoms with van der Waals surface area (Å²) in [5.74, 6) is 0.850. The summed E-state index contributed by atoms with van der Waals surface area (Å²) in [6, 6.07) is 8.60. The Labute approximate surface area is 162 Å². The van der Waals surface area contributed by atoms with E-state index in [2.05, 4.69) is 4.72 Å². The monoisotopic (exact) mass is 410 g/mol. The summed E-state index contributed by atoms with van der Waals surface area (Å²) in [5.41, 5.74) is 0.675. The van der Waals surface area contributed by atoms with Crippen molar-refractivity contribution in [2.45, 2.75) is 36.6 Å². The highest BCUT2D eigenvalue weighted by Gasteiger charge is 2.27. The van der Waals surface area contributed by atoms with Crippen LogP contribution in [0.1, 0.15) is 31.7 Å². The predicted octanol–water partition coefficient (Wildman–Crippen LogP) is 3.88. The third-order valence-corrected chi connectivity index (χ3v) is 7.72. The number of nitrogens with zero attached hydrogens (tertiary/aromatic N) is 1. The molecule has 2 aromatic rings. The Morgan fingerprint density at radius 1 is 1.27 bits per heavy atom. The molecule has 0 fully saturated rings. The van der Waals surface area contributed by atoms with E-state index in [4.69, 9.17) is 0 Å². The zero-order valence-corrected chi connectivity index (χ0v) is 17.4. The summed E-state index contributed by atoms with van der Waals surface area (Å²) < 4.78 is 28.8.